The second kappa shape index (κ2) is 8.95. The smallest absolute Gasteiger partial charge is 0.0175 e. The van der Waals surface area contributed by atoms with Crippen LogP contribution in [-0.4, -0.2) is 12.6 Å². The van der Waals surface area contributed by atoms with E-state index < -0.39 is 0 Å². The monoisotopic (exact) mass is 351 g/mol. The molecule has 1 fully saturated rings. The molecule has 0 aliphatic heterocycles. The van der Waals surface area contributed by atoms with Crippen molar-refractivity contribution in [2.75, 3.05) is 6.54 Å². The van der Waals surface area contributed by atoms with Gasteiger partial charge in [0.1, 0.15) is 0 Å². The van der Waals surface area contributed by atoms with E-state index in [9.17, 15) is 0 Å². The highest BCUT2D eigenvalue weighted by Gasteiger charge is 2.26. The van der Waals surface area contributed by atoms with E-state index in [1.54, 1.807) is 0 Å². The van der Waals surface area contributed by atoms with Crippen LogP contribution in [0, 0.1) is 11.8 Å². The van der Waals surface area contributed by atoms with Crippen molar-refractivity contribution in [2.24, 2.45) is 11.8 Å². The maximum absolute atomic E-state index is 3.82. The predicted octanol–water partition coefficient (Wildman–Crippen LogP) is 5.58. The van der Waals surface area contributed by atoms with Crippen molar-refractivity contribution in [1.82, 2.24) is 5.32 Å². The molecule has 0 spiro atoms. The molecule has 2 heteroatoms. The largest absolute Gasteiger partial charge is 0.313 e. The zero-order valence-corrected chi connectivity index (χ0v) is 15.2. The first-order valence-corrected chi connectivity index (χ1v) is 9.50. The van der Waals surface area contributed by atoms with Gasteiger partial charge < -0.3 is 5.32 Å². The summed E-state index contributed by atoms with van der Waals surface area (Å²) >= 11 is 3.53. The van der Waals surface area contributed by atoms with E-state index in [1.165, 1.54) is 55.0 Å². The van der Waals surface area contributed by atoms with E-state index in [4.69, 9.17) is 0 Å². The Bertz CT molecular complexity index is 393. The molecule has 1 unspecified atom stereocenters. The van der Waals surface area contributed by atoms with Gasteiger partial charge in [0.05, 0.1) is 0 Å². The Morgan fingerprint density at radius 1 is 1.10 bits per heavy atom. The molecule has 1 nitrogen and oxygen atoms in total. The molecule has 1 aromatic rings. The molecule has 0 aromatic heterocycles. The van der Waals surface area contributed by atoms with E-state index in [0.29, 0.717) is 6.04 Å². The van der Waals surface area contributed by atoms with Crippen LogP contribution in [0.5, 0.6) is 0 Å². The van der Waals surface area contributed by atoms with E-state index in [0.717, 1.165) is 18.4 Å². The lowest BCUT2D eigenvalue weighted by molar-refractivity contribution is 0.216. The van der Waals surface area contributed by atoms with E-state index in [-0.39, 0.29) is 0 Å². The van der Waals surface area contributed by atoms with Crippen LogP contribution in [0.25, 0.3) is 0 Å². The van der Waals surface area contributed by atoms with Crippen LogP contribution in [0.3, 0.4) is 0 Å². The normalized spacial score (nSPS) is 24.0. The molecule has 118 valence electrons. The van der Waals surface area contributed by atoms with Crippen molar-refractivity contribution in [2.45, 2.75) is 64.8 Å². The van der Waals surface area contributed by atoms with Gasteiger partial charge in [-0.05, 0) is 61.8 Å². The zero-order valence-electron chi connectivity index (χ0n) is 13.6. The van der Waals surface area contributed by atoms with Crippen LogP contribution >= 0.6 is 15.9 Å². The minimum absolute atomic E-state index is 0.656. The van der Waals surface area contributed by atoms with Crippen molar-refractivity contribution in [3.05, 3.63) is 34.3 Å². The van der Waals surface area contributed by atoms with Crippen LogP contribution in [0.2, 0.25) is 0 Å². The topological polar surface area (TPSA) is 12.0 Å². The first-order valence-electron chi connectivity index (χ1n) is 8.70. The highest BCUT2D eigenvalue weighted by Crippen LogP contribution is 2.33. The molecule has 1 aliphatic rings. The first kappa shape index (κ1) is 17.0. The molecule has 0 amide bonds. The number of hydrogen-bond acceptors (Lipinski definition) is 1. The molecule has 0 bridgehead atoms. The lowest BCUT2D eigenvalue weighted by Gasteiger charge is -2.34. The number of halogens is 1. The molecule has 1 atom stereocenters. The third kappa shape index (κ3) is 5.41. The summed E-state index contributed by atoms with van der Waals surface area (Å²) in [6.07, 6.45) is 9.47. The van der Waals surface area contributed by atoms with Gasteiger partial charge in [-0.1, -0.05) is 61.2 Å². The van der Waals surface area contributed by atoms with Gasteiger partial charge in [-0.3, -0.25) is 0 Å². The molecular formula is C19H30BrN. The maximum atomic E-state index is 3.82. The van der Waals surface area contributed by atoms with Gasteiger partial charge in [-0.2, -0.15) is 0 Å². The Balaban J connectivity index is 1.95. The Morgan fingerprint density at radius 3 is 2.33 bits per heavy atom. The van der Waals surface area contributed by atoms with Crippen molar-refractivity contribution in [3.63, 3.8) is 0 Å². The summed E-state index contributed by atoms with van der Waals surface area (Å²) in [7, 11) is 0. The zero-order chi connectivity index (χ0) is 15.1. The number of rotatable bonds is 7. The maximum Gasteiger partial charge on any atom is 0.0175 e. The summed E-state index contributed by atoms with van der Waals surface area (Å²) in [5, 5.41) is 3.82. The molecule has 1 aliphatic carbocycles. The summed E-state index contributed by atoms with van der Waals surface area (Å²) in [5.41, 5.74) is 1.46. The second-order valence-electron chi connectivity index (χ2n) is 6.58. The summed E-state index contributed by atoms with van der Waals surface area (Å²) < 4.78 is 1.17. The molecular weight excluding hydrogens is 322 g/mol. The number of hydrogen-bond donors (Lipinski definition) is 1. The summed E-state index contributed by atoms with van der Waals surface area (Å²) in [6, 6.07) is 9.52. The van der Waals surface area contributed by atoms with E-state index in [2.05, 4.69) is 59.4 Å². The molecule has 0 saturated heterocycles. The van der Waals surface area contributed by atoms with Gasteiger partial charge in [0.2, 0.25) is 0 Å². The average Bonchev–Trinajstić information content (AvgIpc) is 2.53. The van der Waals surface area contributed by atoms with Crippen molar-refractivity contribution in [1.29, 1.82) is 0 Å². The first-order chi connectivity index (χ1) is 10.2. The predicted molar refractivity (Wildman–Crippen MR) is 95.7 cm³/mol. The summed E-state index contributed by atoms with van der Waals surface area (Å²) in [4.78, 5) is 0. The molecule has 1 aromatic carbocycles. The molecule has 1 N–H and O–H groups in total. The highest BCUT2D eigenvalue weighted by atomic mass is 79.9. The van der Waals surface area contributed by atoms with Crippen LogP contribution in [-0.2, 0) is 6.42 Å². The van der Waals surface area contributed by atoms with Gasteiger partial charge in [-0.25, -0.2) is 0 Å². The molecule has 1 saturated carbocycles. The Labute approximate surface area is 139 Å². The lowest BCUT2D eigenvalue weighted by Crippen LogP contribution is -2.40. The van der Waals surface area contributed by atoms with Crippen LogP contribution < -0.4 is 5.32 Å². The van der Waals surface area contributed by atoms with E-state index >= 15 is 0 Å². The SMILES string of the molecule is CCCNC(Cc1ccc(Br)cc1)C1CCC(CC)CC1. The van der Waals surface area contributed by atoms with Gasteiger partial charge in [0.15, 0.2) is 0 Å². The minimum Gasteiger partial charge on any atom is -0.313 e. The van der Waals surface area contributed by atoms with Gasteiger partial charge in [0, 0.05) is 10.5 Å². The second-order valence-corrected chi connectivity index (χ2v) is 7.50. The minimum atomic E-state index is 0.656. The van der Waals surface area contributed by atoms with Crippen LogP contribution in [0.4, 0.5) is 0 Å². The quantitative estimate of drug-likeness (QED) is 0.676. The lowest BCUT2D eigenvalue weighted by atomic mass is 9.76. The van der Waals surface area contributed by atoms with Gasteiger partial charge >= 0.3 is 0 Å². The van der Waals surface area contributed by atoms with Crippen LogP contribution in [0.15, 0.2) is 28.7 Å². The fourth-order valence-corrected chi connectivity index (χ4v) is 3.87. The number of nitrogens with one attached hydrogen (secondary N) is 1. The van der Waals surface area contributed by atoms with Crippen molar-refractivity contribution in [3.8, 4) is 0 Å². The van der Waals surface area contributed by atoms with Gasteiger partial charge in [-0.15, -0.1) is 0 Å². The molecule has 0 radical (unpaired) electrons. The van der Waals surface area contributed by atoms with Gasteiger partial charge in [0.25, 0.3) is 0 Å². The summed E-state index contributed by atoms with van der Waals surface area (Å²) in [5.74, 6) is 1.85. The van der Waals surface area contributed by atoms with E-state index in [1.807, 2.05) is 0 Å². The fraction of sp³-hybridized carbons (Fsp3) is 0.684. The Kier molecular flexibility index (Phi) is 7.25. The standard InChI is InChI=1S/C19H30BrN/c1-3-13-21-19(14-16-7-11-18(20)12-8-16)17-9-5-15(4-2)6-10-17/h7-8,11-12,15,17,19,21H,3-6,9-10,13-14H2,1-2H3. The molecule has 21 heavy (non-hydrogen) atoms. The average molecular weight is 352 g/mol. The molecule has 2 rings (SSSR count). The third-order valence-electron chi connectivity index (χ3n) is 5.06. The highest BCUT2D eigenvalue weighted by molar-refractivity contribution is 9.10. The Hall–Kier alpha value is -0.340. The van der Waals surface area contributed by atoms with Crippen LogP contribution in [0.1, 0.15) is 57.9 Å². The number of benzene rings is 1. The fourth-order valence-electron chi connectivity index (χ4n) is 3.61. The third-order valence-corrected chi connectivity index (χ3v) is 5.59. The summed E-state index contributed by atoms with van der Waals surface area (Å²) in [6.45, 7) is 5.76. The Morgan fingerprint density at radius 2 is 1.76 bits per heavy atom. The molecule has 0 heterocycles. The van der Waals surface area contributed by atoms with Crippen molar-refractivity contribution < 1.29 is 0 Å². The van der Waals surface area contributed by atoms with Crippen molar-refractivity contribution >= 4 is 15.9 Å².